The molecule has 9 heteroatoms. The van der Waals surface area contributed by atoms with Crippen molar-refractivity contribution in [3.05, 3.63) is 54.4 Å². The van der Waals surface area contributed by atoms with Crippen LogP contribution in [0, 0.1) is 6.92 Å². The topological polar surface area (TPSA) is 100 Å². The normalized spacial score (nSPS) is 10.8. The van der Waals surface area contributed by atoms with Gasteiger partial charge in [0.05, 0.1) is 39.4 Å². The molecule has 0 saturated carbocycles. The number of imidazole rings is 1. The highest BCUT2D eigenvalue weighted by Crippen LogP contribution is 2.38. The Morgan fingerprint density at radius 1 is 1.03 bits per heavy atom. The van der Waals surface area contributed by atoms with E-state index in [2.05, 4.69) is 20.3 Å². The minimum absolute atomic E-state index is 0.325. The maximum atomic E-state index is 12.2. The van der Waals surface area contributed by atoms with E-state index in [0.717, 1.165) is 11.4 Å². The van der Waals surface area contributed by atoms with Crippen LogP contribution in [-0.4, -0.2) is 46.8 Å². The first-order valence-corrected chi connectivity index (χ1v) is 8.67. The van der Waals surface area contributed by atoms with Crippen LogP contribution in [0.2, 0.25) is 0 Å². The van der Waals surface area contributed by atoms with E-state index in [9.17, 15) is 4.79 Å². The molecule has 0 atom stereocenters. The summed E-state index contributed by atoms with van der Waals surface area (Å²) in [5.74, 6) is 2.42. The fraction of sp³-hybridized carbons (Fsp3) is 0.200. The van der Waals surface area contributed by atoms with Crippen LogP contribution in [0.25, 0.3) is 12.0 Å². The van der Waals surface area contributed by atoms with Crippen molar-refractivity contribution in [3.8, 4) is 23.2 Å². The van der Waals surface area contributed by atoms with Crippen LogP contribution in [0.15, 0.2) is 43.0 Å². The number of carbonyl (C=O) groups excluding carboxylic acids is 1. The van der Waals surface area contributed by atoms with E-state index in [4.69, 9.17) is 14.2 Å². The molecule has 0 spiro atoms. The number of ether oxygens (including phenoxy) is 3. The highest BCUT2D eigenvalue weighted by molar-refractivity contribution is 6.01. The van der Waals surface area contributed by atoms with Crippen LogP contribution >= 0.6 is 0 Å². The van der Waals surface area contributed by atoms with Gasteiger partial charge in [-0.25, -0.2) is 15.0 Å². The van der Waals surface area contributed by atoms with Gasteiger partial charge >= 0.3 is 0 Å². The Hall–Kier alpha value is -3.88. The number of hydrogen-bond acceptors (Lipinski definition) is 7. The van der Waals surface area contributed by atoms with Crippen LogP contribution in [0.4, 0.5) is 5.69 Å². The van der Waals surface area contributed by atoms with Gasteiger partial charge in [0.2, 0.25) is 17.6 Å². The summed E-state index contributed by atoms with van der Waals surface area (Å²) < 4.78 is 17.7. The van der Waals surface area contributed by atoms with Crippen molar-refractivity contribution in [1.29, 1.82) is 0 Å². The number of methoxy groups -OCH3 is 3. The third-order valence-corrected chi connectivity index (χ3v) is 4.06. The lowest BCUT2D eigenvalue weighted by atomic mass is 10.1. The van der Waals surface area contributed by atoms with E-state index in [-0.39, 0.29) is 5.91 Å². The molecule has 0 fully saturated rings. The van der Waals surface area contributed by atoms with E-state index in [1.165, 1.54) is 39.8 Å². The van der Waals surface area contributed by atoms with E-state index in [1.54, 1.807) is 35.2 Å². The summed E-state index contributed by atoms with van der Waals surface area (Å²) in [6.45, 7) is 1.85. The lowest BCUT2D eigenvalue weighted by molar-refractivity contribution is -0.111. The molecule has 0 unspecified atom stereocenters. The summed E-state index contributed by atoms with van der Waals surface area (Å²) in [4.78, 5) is 24.8. The van der Waals surface area contributed by atoms with Gasteiger partial charge in [-0.05, 0) is 30.7 Å². The third-order valence-electron chi connectivity index (χ3n) is 4.06. The first-order chi connectivity index (χ1) is 14.0. The number of aromatic nitrogens is 4. The standard InChI is InChI=1S/C20H21N5O4/c1-13-21-7-8-25(13)20-22-11-15(12-23-20)24-18(26)6-5-14-9-16(27-2)19(29-4)17(10-14)28-3/h5-12H,1-4H3,(H,24,26)/b6-5+. The number of amides is 1. The molecule has 29 heavy (non-hydrogen) atoms. The summed E-state index contributed by atoms with van der Waals surface area (Å²) in [6, 6.07) is 3.49. The van der Waals surface area contributed by atoms with Gasteiger partial charge in [0.25, 0.3) is 0 Å². The highest BCUT2D eigenvalue weighted by Gasteiger charge is 2.12. The first-order valence-electron chi connectivity index (χ1n) is 8.67. The molecule has 3 rings (SSSR count). The zero-order valence-electron chi connectivity index (χ0n) is 16.5. The van der Waals surface area contributed by atoms with Crippen molar-refractivity contribution in [2.75, 3.05) is 26.6 Å². The summed E-state index contributed by atoms with van der Waals surface area (Å²) >= 11 is 0. The van der Waals surface area contributed by atoms with Gasteiger partial charge in [0.1, 0.15) is 5.82 Å². The molecule has 2 aromatic heterocycles. The minimum atomic E-state index is -0.325. The van der Waals surface area contributed by atoms with Crippen molar-refractivity contribution >= 4 is 17.7 Å². The molecular formula is C20H21N5O4. The fourth-order valence-corrected chi connectivity index (χ4v) is 2.65. The predicted molar refractivity (Wildman–Crippen MR) is 108 cm³/mol. The Kier molecular flexibility index (Phi) is 6.08. The highest BCUT2D eigenvalue weighted by atomic mass is 16.5. The maximum absolute atomic E-state index is 12.2. The number of aryl methyl sites for hydroxylation is 1. The monoisotopic (exact) mass is 395 g/mol. The van der Waals surface area contributed by atoms with Crippen molar-refractivity contribution in [2.45, 2.75) is 6.92 Å². The van der Waals surface area contributed by atoms with Crippen molar-refractivity contribution < 1.29 is 19.0 Å². The van der Waals surface area contributed by atoms with Crippen molar-refractivity contribution in [3.63, 3.8) is 0 Å². The molecule has 2 heterocycles. The molecule has 3 aromatic rings. The molecule has 1 amide bonds. The largest absolute Gasteiger partial charge is 0.493 e. The predicted octanol–water partition coefficient (Wildman–Crippen LogP) is 2.65. The molecule has 0 aliphatic heterocycles. The second kappa shape index (κ2) is 8.87. The zero-order valence-corrected chi connectivity index (χ0v) is 16.5. The van der Waals surface area contributed by atoms with Gasteiger partial charge in [-0.15, -0.1) is 0 Å². The number of nitrogens with zero attached hydrogens (tertiary/aromatic N) is 4. The van der Waals surface area contributed by atoms with Gasteiger partial charge in [-0.3, -0.25) is 9.36 Å². The number of anilines is 1. The van der Waals surface area contributed by atoms with Crippen LogP contribution in [-0.2, 0) is 4.79 Å². The third kappa shape index (κ3) is 4.52. The molecule has 0 bridgehead atoms. The van der Waals surface area contributed by atoms with Crippen LogP contribution in [0.1, 0.15) is 11.4 Å². The quantitative estimate of drug-likeness (QED) is 0.614. The fourth-order valence-electron chi connectivity index (χ4n) is 2.65. The molecule has 9 nitrogen and oxygen atoms in total. The second-order valence-electron chi connectivity index (χ2n) is 5.90. The number of rotatable bonds is 7. The van der Waals surface area contributed by atoms with Gasteiger partial charge in [0.15, 0.2) is 11.5 Å². The summed E-state index contributed by atoms with van der Waals surface area (Å²) in [5, 5.41) is 2.72. The molecule has 150 valence electrons. The average Bonchev–Trinajstić information content (AvgIpc) is 3.17. The Morgan fingerprint density at radius 2 is 1.69 bits per heavy atom. The number of benzene rings is 1. The van der Waals surface area contributed by atoms with Gasteiger partial charge in [-0.1, -0.05) is 0 Å². The Bertz CT molecular complexity index is 1000. The Balaban J connectivity index is 1.70. The number of hydrogen-bond donors (Lipinski definition) is 1. The van der Waals surface area contributed by atoms with E-state index >= 15 is 0 Å². The zero-order chi connectivity index (χ0) is 20.8. The van der Waals surface area contributed by atoms with Crippen LogP contribution < -0.4 is 19.5 Å². The lowest BCUT2D eigenvalue weighted by Crippen LogP contribution is -2.09. The van der Waals surface area contributed by atoms with E-state index in [0.29, 0.717) is 28.9 Å². The summed E-state index contributed by atoms with van der Waals surface area (Å²) in [5.41, 5.74) is 1.20. The first kappa shape index (κ1) is 19.9. The van der Waals surface area contributed by atoms with Gasteiger partial charge in [-0.2, -0.15) is 0 Å². The minimum Gasteiger partial charge on any atom is -0.493 e. The number of carbonyl (C=O) groups is 1. The van der Waals surface area contributed by atoms with Crippen LogP contribution in [0.3, 0.4) is 0 Å². The molecule has 1 N–H and O–H groups in total. The van der Waals surface area contributed by atoms with E-state index in [1.807, 2.05) is 6.92 Å². The smallest absolute Gasteiger partial charge is 0.248 e. The van der Waals surface area contributed by atoms with Crippen molar-refractivity contribution in [1.82, 2.24) is 19.5 Å². The molecule has 0 radical (unpaired) electrons. The molecular weight excluding hydrogens is 374 g/mol. The SMILES string of the molecule is COc1cc(/C=C/C(=O)Nc2cnc(-n3ccnc3C)nc2)cc(OC)c1OC. The molecule has 0 saturated heterocycles. The lowest BCUT2D eigenvalue weighted by Gasteiger charge is -2.12. The Morgan fingerprint density at radius 3 is 2.21 bits per heavy atom. The number of nitrogens with one attached hydrogen (secondary N) is 1. The second-order valence-corrected chi connectivity index (χ2v) is 5.90. The van der Waals surface area contributed by atoms with Crippen molar-refractivity contribution in [2.24, 2.45) is 0 Å². The molecule has 0 aliphatic carbocycles. The molecule has 0 aliphatic rings. The maximum Gasteiger partial charge on any atom is 0.248 e. The summed E-state index contributed by atoms with van der Waals surface area (Å²) in [6.07, 6.45) is 9.55. The van der Waals surface area contributed by atoms with Crippen LogP contribution in [0.5, 0.6) is 17.2 Å². The van der Waals surface area contributed by atoms with Gasteiger partial charge < -0.3 is 19.5 Å². The average molecular weight is 395 g/mol. The van der Waals surface area contributed by atoms with E-state index < -0.39 is 0 Å². The van der Waals surface area contributed by atoms with Gasteiger partial charge in [0, 0.05) is 18.5 Å². The molecule has 1 aromatic carbocycles. The summed E-state index contributed by atoms with van der Waals surface area (Å²) in [7, 11) is 4.60. The Labute approximate surface area is 168 Å².